The number of aromatic nitrogens is 2. The normalized spacial score (nSPS) is 11.0. The third-order valence-electron chi connectivity index (χ3n) is 4.20. The minimum absolute atomic E-state index is 0.239. The number of pyridine rings is 1. The summed E-state index contributed by atoms with van der Waals surface area (Å²) in [5, 5.41) is 10.00. The number of nitrogens with one attached hydrogen (secondary N) is 1. The van der Waals surface area contributed by atoms with Gasteiger partial charge in [0.2, 0.25) is 0 Å². The largest absolute Gasteiger partial charge is 0.481 e. The highest BCUT2D eigenvalue weighted by molar-refractivity contribution is 5.92. The highest BCUT2D eigenvalue weighted by atomic mass is 16.4. The zero-order chi connectivity index (χ0) is 16.2. The van der Waals surface area contributed by atoms with Gasteiger partial charge in [0, 0.05) is 35.3 Å². The van der Waals surface area contributed by atoms with Crippen molar-refractivity contribution in [2.75, 3.05) is 0 Å². The molecule has 2 aromatic heterocycles. The topological polar surface area (TPSA) is 66.0 Å². The van der Waals surface area contributed by atoms with E-state index in [1.54, 1.807) is 6.20 Å². The lowest BCUT2D eigenvalue weighted by molar-refractivity contribution is -0.137. The van der Waals surface area contributed by atoms with Crippen molar-refractivity contribution >= 4 is 16.9 Å². The fourth-order valence-electron chi connectivity index (χ4n) is 3.10. The smallest absolute Gasteiger partial charge is 0.303 e. The predicted octanol–water partition coefficient (Wildman–Crippen LogP) is 4.34. The van der Waals surface area contributed by atoms with Gasteiger partial charge in [-0.1, -0.05) is 12.1 Å². The zero-order valence-corrected chi connectivity index (χ0v) is 13.2. The van der Waals surface area contributed by atoms with E-state index < -0.39 is 5.97 Å². The molecule has 0 atom stereocenters. The van der Waals surface area contributed by atoms with E-state index in [-0.39, 0.29) is 6.42 Å². The van der Waals surface area contributed by atoms with Crippen LogP contribution in [0.15, 0.2) is 42.7 Å². The lowest BCUT2D eigenvalue weighted by Crippen LogP contribution is -1.95. The second-order valence-corrected chi connectivity index (χ2v) is 5.81. The molecule has 0 aliphatic rings. The Bertz CT molecular complexity index is 822. The fourth-order valence-corrected chi connectivity index (χ4v) is 3.10. The second kappa shape index (κ2) is 6.65. The van der Waals surface area contributed by atoms with E-state index in [2.05, 4.69) is 41.2 Å². The molecule has 0 radical (unpaired) electrons. The molecule has 0 fully saturated rings. The van der Waals surface area contributed by atoms with E-state index in [0.717, 1.165) is 29.6 Å². The van der Waals surface area contributed by atoms with Gasteiger partial charge < -0.3 is 10.1 Å². The summed E-state index contributed by atoms with van der Waals surface area (Å²) in [6.45, 7) is 2.13. The van der Waals surface area contributed by atoms with E-state index >= 15 is 0 Å². The molecule has 2 N–H and O–H groups in total. The minimum atomic E-state index is -0.722. The third kappa shape index (κ3) is 3.26. The average Bonchev–Trinajstić information content (AvgIpc) is 2.90. The van der Waals surface area contributed by atoms with E-state index in [1.807, 2.05) is 12.3 Å². The Kier molecular flexibility index (Phi) is 4.42. The van der Waals surface area contributed by atoms with E-state index in [4.69, 9.17) is 5.11 Å². The Morgan fingerprint density at radius 1 is 1.22 bits per heavy atom. The Labute approximate surface area is 135 Å². The van der Waals surface area contributed by atoms with Gasteiger partial charge >= 0.3 is 5.97 Å². The standard InChI is InChI=1S/C19H20N2O2/c1-13-18-14(6-2-3-10-17(22)23)7-4-9-16(18)21-19(13)15-8-5-11-20-12-15/h4-5,7-9,11-12,21H,2-3,6,10H2,1H3,(H,22,23). The number of hydrogen-bond acceptors (Lipinski definition) is 2. The summed E-state index contributed by atoms with van der Waals surface area (Å²) in [4.78, 5) is 18.3. The summed E-state index contributed by atoms with van der Waals surface area (Å²) < 4.78 is 0. The van der Waals surface area contributed by atoms with Crippen molar-refractivity contribution < 1.29 is 9.90 Å². The molecule has 23 heavy (non-hydrogen) atoms. The maximum Gasteiger partial charge on any atom is 0.303 e. The van der Waals surface area contributed by atoms with E-state index in [9.17, 15) is 4.79 Å². The summed E-state index contributed by atoms with van der Waals surface area (Å²) in [6, 6.07) is 10.3. The Morgan fingerprint density at radius 3 is 2.83 bits per heavy atom. The van der Waals surface area contributed by atoms with Gasteiger partial charge in [0.15, 0.2) is 0 Å². The monoisotopic (exact) mass is 308 g/mol. The number of aromatic amines is 1. The third-order valence-corrected chi connectivity index (χ3v) is 4.20. The lowest BCUT2D eigenvalue weighted by atomic mass is 9.99. The van der Waals surface area contributed by atoms with Gasteiger partial charge in [-0.25, -0.2) is 0 Å². The van der Waals surface area contributed by atoms with Crippen molar-refractivity contribution in [2.24, 2.45) is 0 Å². The van der Waals surface area contributed by atoms with Crippen LogP contribution in [0.1, 0.15) is 30.4 Å². The van der Waals surface area contributed by atoms with Gasteiger partial charge in [-0.3, -0.25) is 9.78 Å². The van der Waals surface area contributed by atoms with Crippen LogP contribution in [0, 0.1) is 6.92 Å². The molecule has 4 nitrogen and oxygen atoms in total. The van der Waals surface area contributed by atoms with E-state index in [0.29, 0.717) is 6.42 Å². The summed E-state index contributed by atoms with van der Waals surface area (Å²) >= 11 is 0. The molecule has 0 spiro atoms. The van der Waals surface area contributed by atoms with Gasteiger partial charge in [-0.05, 0) is 55.5 Å². The number of carbonyl (C=O) groups is 1. The summed E-state index contributed by atoms with van der Waals surface area (Å²) in [5.41, 5.74) is 5.81. The number of aliphatic carboxylic acids is 1. The van der Waals surface area contributed by atoms with Crippen LogP contribution in [0.25, 0.3) is 22.2 Å². The van der Waals surface area contributed by atoms with Crippen LogP contribution in [0.4, 0.5) is 0 Å². The van der Waals surface area contributed by atoms with Gasteiger partial charge in [-0.2, -0.15) is 0 Å². The Balaban J connectivity index is 1.91. The molecule has 2 heterocycles. The van der Waals surface area contributed by atoms with Crippen molar-refractivity contribution in [3.05, 3.63) is 53.9 Å². The van der Waals surface area contributed by atoms with Crippen LogP contribution in [0.2, 0.25) is 0 Å². The number of nitrogens with zero attached hydrogens (tertiary/aromatic N) is 1. The molecule has 0 aliphatic heterocycles. The fraction of sp³-hybridized carbons (Fsp3) is 0.263. The molecule has 0 saturated heterocycles. The van der Waals surface area contributed by atoms with Crippen LogP contribution < -0.4 is 0 Å². The van der Waals surface area contributed by atoms with E-state index in [1.165, 1.54) is 16.5 Å². The molecule has 3 aromatic rings. The second-order valence-electron chi connectivity index (χ2n) is 5.81. The van der Waals surface area contributed by atoms with Gasteiger partial charge in [0.05, 0.1) is 5.69 Å². The predicted molar refractivity (Wildman–Crippen MR) is 91.5 cm³/mol. The van der Waals surface area contributed by atoms with Crippen molar-refractivity contribution in [1.29, 1.82) is 0 Å². The summed E-state index contributed by atoms with van der Waals surface area (Å²) in [6.07, 6.45) is 6.38. The molecule has 0 saturated carbocycles. The first-order valence-corrected chi connectivity index (χ1v) is 7.89. The van der Waals surface area contributed by atoms with Crippen molar-refractivity contribution in [3.8, 4) is 11.3 Å². The molecular weight excluding hydrogens is 288 g/mol. The van der Waals surface area contributed by atoms with Crippen LogP contribution in [0.5, 0.6) is 0 Å². The average molecular weight is 308 g/mol. The molecule has 0 bridgehead atoms. The minimum Gasteiger partial charge on any atom is -0.481 e. The first kappa shape index (κ1) is 15.3. The zero-order valence-electron chi connectivity index (χ0n) is 13.2. The number of unbranched alkanes of at least 4 members (excludes halogenated alkanes) is 1. The number of carboxylic acid groups (broad SMARTS) is 1. The first-order chi connectivity index (χ1) is 11.2. The summed E-state index contributed by atoms with van der Waals surface area (Å²) in [7, 11) is 0. The quantitative estimate of drug-likeness (QED) is 0.666. The molecule has 1 aromatic carbocycles. The molecule has 0 aliphatic carbocycles. The Hall–Kier alpha value is -2.62. The molecular formula is C19H20N2O2. The van der Waals surface area contributed by atoms with Gasteiger partial charge in [0.1, 0.15) is 0 Å². The van der Waals surface area contributed by atoms with Crippen molar-refractivity contribution in [1.82, 2.24) is 9.97 Å². The SMILES string of the molecule is Cc1c(-c2cccnc2)[nH]c2cccc(CCCCC(=O)O)c12. The van der Waals surface area contributed by atoms with Gasteiger partial charge in [-0.15, -0.1) is 0 Å². The highest BCUT2D eigenvalue weighted by Gasteiger charge is 2.12. The first-order valence-electron chi connectivity index (χ1n) is 7.89. The number of fused-ring (bicyclic) bond motifs is 1. The number of carboxylic acids is 1. The molecule has 0 amide bonds. The van der Waals surface area contributed by atoms with Crippen LogP contribution >= 0.6 is 0 Å². The molecule has 118 valence electrons. The summed E-state index contributed by atoms with van der Waals surface area (Å²) in [5.74, 6) is -0.722. The van der Waals surface area contributed by atoms with Crippen molar-refractivity contribution in [2.45, 2.75) is 32.6 Å². The number of hydrogen-bond donors (Lipinski definition) is 2. The van der Waals surface area contributed by atoms with Gasteiger partial charge in [0.25, 0.3) is 0 Å². The maximum atomic E-state index is 10.6. The highest BCUT2D eigenvalue weighted by Crippen LogP contribution is 2.32. The van der Waals surface area contributed by atoms with Crippen molar-refractivity contribution in [3.63, 3.8) is 0 Å². The van der Waals surface area contributed by atoms with Crippen LogP contribution in [-0.2, 0) is 11.2 Å². The van der Waals surface area contributed by atoms with Crippen LogP contribution in [-0.4, -0.2) is 21.0 Å². The number of aryl methyl sites for hydroxylation is 2. The van der Waals surface area contributed by atoms with Crippen LogP contribution in [0.3, 0.4) is 0 Å². The Morgan fingerprint density at radius 2 is 2.09 bits per heavy atom. The lowest BCUT2D eigenvalue weighted by Gasteiger charge is -2.04. The number of rotatable bonds is 6. The molecule has 0 unspecified atom stereocenters. The maximum absolute atomic E-state index is 10.6. The number of benzene rings is 1. The molecule has 4 heteroatoms. The molecule has 3 rings (SSSR count). The number of H-pyrrole nitrogens is 1.